The van der Waals surface area contributed by atoms with Gasteiger partial charge in [0.15, 0.2) is 0 Å². The van der Waals surface area contributed by atoms with Gasteiger partial charge in [0, 0.05) is 13.7 Å². The van der Waals surface area contributed by atoms with Gasteiger partial charge in [-0.2, -0.15) is 5.26 Å². The lowest BCUT2D eigenvalue weighted by molar-refractivity contribution is -0.00676. The van der Waals surface area contributed by atoms with Gasteiger partial charge in [-0.25, -0.2) is 0 Å². The van der Waals surface area contributed by atoms with Gasteiger partial charge in [0.25, 0.3) is 0 Å². The van der Waals surface area contributed by atoms with Crippen LogP contribution < -0.4 is 5.32 Å². The molecular weight excluding hydrogens is 250 g/mol. The Bertz CT molecular complexity index is 354. The smallest absolute Gasteiger partial charge is 0.109 e. The van der Waals surface area contributed by atoms with Crippen LogP contribution in [0.25, 0.3) is 0 Å². The molecule has 2 rings (SSSR count). The van der Waals surface area contributed by atoms with Gasteiger partial charge >= 0.3 is 0 Å². The zero-order chi connectivity index (χ0) is 14.6. The molecular formula is C16H29N3O. The number of ether oxygens (including phenoxy) is 1. The van der Waals surface area contributed by atoms with Gasteiger partial charge in [0.05, 0.1) is 12.2 Å². The molecule has 114 valence electrons. The third kappa shape index (κ3) is 3.16. The summed E-state index contributed by atoms with van der Waals surface area (Å²) in [5.74, 6) is 1.16. The molecule has 20 heavy (non-hydrogen) atoms. The summed E-state index contributed by atoms with van der Waals surface area (Å²) in [6.07, 6.45) is 6.08. The Hall–Kier alpha value is -0.630. The molecule has 1 saturated heterocycles. The summed E-state index contributed by atoms with van der Waals surface area (Å²) in [7, 11) is 3.76. The van der Waals surface area contributed by atoms with Crippen LogP contribution in [0.2, 0.25) is 0 Å². The molecule has 0 amide bonds. The van der Waals surface area contributed by atoms with E-state index in [9.17, 15) is 5.26 Å². The molecule has 4 atom stereocenters. The first kappa shape index (κ1) is 15.8. The van der Waals surface area contributed by atoms with Crippen LogP contribution in [-0.2, 0) is 4.74 Å². The van der Waals surface area contributed by atoms with E-state index >= 15 is 0 Å². The minimum absolute atomic E-state index is 0.274. The molecule has 0 aromatic carbocycles. The van der Waals surface area contributed by atoms with Crippen molar-refractivity contribution in [2.24, 2.45) is 11.8 Å². The van der Waals surface area contributed by atoms with Gasteiger partial charge in [-0.15, -0.1) is 0 Å². The molecule has 1 heterocycles. The maximum atomic E-state index is 9.49. The van der Waals surface area contributed by atoms with Crippen molar-refractivity contribution in [3.63, 3.8) is 0 Å². The van der Waals surface area contributed by atoms with Crippen LogP contribution in [0.3, 0.4) is 0 Å². The lowest BCUT2D eigenvalue weighted by Crippen LogP contribution is -2.48. The van der Waals surface area contributed by atoms with E-state index in [1.165, 1.54) is 25.8 Å². The Kier molecular flexibility index (Phi) is 5.42. The molecule has 0 radical (unpaired) electrons. The van der Waals surface area contributed by atoms with Crippen molar-refractivity contribution in [1.29, 1.82) is 5.26 Å². The van der Waals surface area contributed by atoms with Crippen molar-refractivity contribution in [3.05, 3.63) is 0 Å². The molecule has 0 spiro atoms. The molecule has 0 aromatic rings. The number of rotatable bonds is 5. The molecule has 1 N–H and O–H groups in total. The number of piperidine rings is 1. The van der Waals surface area contributed by atoms with Crippen LogP contribution in [0, 0.1) is 23.2 Å². The monoisotopic (exact) mass is 279 g/mol. The zero-order valence-corrected chi connectivity index (χ0v) is 13.2. The molecule has 1 saturated carbocycles. The second kappa shape index (κ2) is 6.89. The highest BCUT2D eigenvalue weighted by atomic mass is 16.5. The standard InChI is InChI=1S/C16H29N3O/c1-13-6-9-19(11-15(13)20-3)10-7-14-5-4-8-16(14,12-17)18-2/h13-15,18H,4-11H2,1-3H3. The summed E-state index contributed by atoms with van der Waals surface area (Å²) >= 11 is 0. The van der Waals surface area contributed by atoms with Crippen LogP contribution >= 0.6 is 0 Å². The Morgan fingerprint density at radius 3 is 2.90 bits per heavy atom. The quantitative estimate of drug-likeness (QED) is 0.836. The number of methoxy groups -OCH3 is 1. The second-order valence-electron chi connectivity index (χ2n) is 6.55. The van der Waals surface area contributed by atoms with Crippen molar-refractivity contribution in [2.75, 3.05) is 33.8 Å². The number of nitrogens with one attached hydrogen (secondary N) is 1. The highest BCUT2D eigenvalue weighted by molar-refractivity contribution is 5.13. The largest absolute Gasteiger partial charge is 0.380 e. The molecule has 2 fully saturated rings. The van der Waals surface area contributed by atoms with Crippen LogP contribution in [0.15, 0.2) is 0 Å². The van der Waals surface area contributed by atoms with Gasteiger partial charge in [0.2, 0.25) is 0 Å². The van der Waals surface area contributed by atoms with Crippen LogP contribution in [0.5, 0.6) is 0 Å². The number of nitriles is 1. The van der Waals surface area contributed by atoms with Crippen molar-refractivity contribution >= 4 is 0 Å². The van der Waals surface area contributed by atoms with Crippen LogP contribution in [-0.4, -0.2) is 50.3 Å². The average molecular weight is 279 g/mol. The van der Waals surface area contributed by atoms with E-state index < -0.39 is 0 Å². The summed E-state index contributed by atoms with van der Waals surface area (Å²) in [6.45, 7) is 5.60. The molecule has 1 aliphatic heterocycles. The van der Waals surface area contributed by atoms with Crippen molar-refractivity contribution in [1.82, 2.24) is 10.2 Å². The van der Waals surface area contributed by atoms with E-state index in [-0.39, 0.29) is 5.54 Å². The van der Waals surface area contributed by atoms with Crippen molar-refractivity contribution < 1.29 is 4.74 Å². The Labute approximate surface area is 123 Å². The topological polar surface area (TPSA) is 48.3 Å². The van der Waals surface area contributed by atoms with E-state index in [4.69, 9.17) is 4.74 Å². The Morgan fingerprint density at radius 2 is 2.25 bits per heavy atom. The first-order chi connectivity index (χ1) is 9.65. The van der Waals surface area contributed by atoms with Gasteiger partial charge in [-0.1, -0.05) is 13.3 Å². The highest BCUT2D eigenvalue weighted by Gasteiger charge is 2.41. The summed E-state index contributed by atoms with van der Waals surface area (Å²) < 4.78 is 5.58. The van der Waals surface area contributed by atoms with E-state index in [1.54, 1.807) is 0 Å². The molecule has 2 aliphatic rings. The van der Waals surface area contributed by atoms with E-state index in [0.717, 1.165) is 25.9 Å². The fraction of sp³-hybridized carbons (Fsp3) is 0.938. The zero-order valence-electron chi connectivity index (χ0n) is 13.2. The lowest BCUT2D eigenvalue weighted by atomic mass is 9.85. The van der Waals surface area contributed by atoms with E-state index in [0.29, 0.717) is 17.9 Å². The first-order valence-corrected chi connectivity index (χ1v) is 8.00. The van der Waals surface area contributed by atoms with E-state index in [2.05, 4.69) is 23.2 Å². The van der Waals surface area contributed by atoms with E-state index in [1.807, 2.05) is 14.2 Å². The van der Waals surface area contributed by atoms with Crippen molar-refractivity contribution in [2.45, 2.75) is 50.7 Å². The third-order valence-electron chi connectivity index (χ3n) is 5.54. The second-order valence-corrected chi connectivity index (χ2v) is 6.55. The third-order valence-corrected chi connectivity index (χ3v) is 5.54. The van der Waals surface area contributed by atoms with Crippen LogP contribution in [0.4, 0.5) is 0 Å². The number of hydrogen-bond donors (Lipinski definition) is 1. The predicted octanol–water partition coefficient (Wildman–Crippen LogP) is 2.02. The minimum Gasteiger partial charge on any atom is -0.380 e. The SMILES string of the molecule is CNC1(C#N)CCCC1CCN1CCC(C)C(OC)C1. The molecule has 0 aromatic heterocycles. The fourth-order valence-electron chi connectivity index (χ4n) is 3.95. The maximum absolute atomic E-state index is 9.49. The number of hydrogen-bond acceptors (Lipinski definition) is 4. The van der Waals surface area contributed by atoms with Crippen molar-refractivity contribution in [3.8, 4) is 6.07 Å². The molecule has 4 nitrogen and oxygen atoms in total. The summed E-state index contributed by atoms with van der Waals surface area (Å²) in [5.41, 5.74) is -0.274. The summed E-state index contributed by atoms with van der Waals surface area (Å²) in [4.78, 5) is 2.52. The highest BCUT2D eigenvalue weighted by Crippen LogP contribution is 2.37. The normalized spacial score (nSPS) is 38.8. The maximum Gasteiger partial charge on any atom is 0.109 e. The minimum atomic E-state index is -0.274. The molecule has 1 aliphatic carbocycles. The number of nitrogens with zero attached hydrogens (tertiary/aromatic N) is 2. The van der Waals surface area contributed by atoms with Crippen LogP contribution in [0.1, 0.15) is 39.0 Å². The lowest BCUT2D eigenvalue weighted by Gasteiger charge is -2.37. The molecule has 4 unspecified atom stereocenters. The van der Waals surface area contributed by atoms with Gasteiger partial charge in [-0.3, -0.25) is 0 Å². The first-order valence-electron chi connectivity index (χ1n) is 8.00. The van der Waals surface area contributed by atoms with Gasteiger partial charge < -0.3 is 15.0 Å². The Morgan fingerprint density at radius 1 is 1.45 bits per heavy atom. The Balaban J connectivity index is 1.85. The van der Waals surface area contributed by atoms with Gasteiger partial charge in [-0.05, 0) is 57.7 Å². The predicted molar refractivity (Wildman–Crippen MR) is 80.4 cm³/mol. The summed E-state index contributed by atoms with van der Waals surface area (Å²) in [6, 6.07) is 2.54. The van der Waals surface area contributed by atoms with Gasteiger partial charge in [0.1, 0.15) is 5.54 Å². The fourth-order valence-corrected chi connectivity index (χ4v) is 3.95. The molecule has 4 heteroatoms. The molecule has 0 bridgehead atoms. The average Bonchev–Trinajstić information content (AvgIpc) is 2.89. The number of likely N-dealkylation sites (tertiary alicyclic amines) is 1. The summed E-state index contributed by atoms with van der Waals surface area (Å²) in [5, 5.41) is 12.8.